The molecule has 100 valence electrons. The van der Waals surface area contributed by atoms with Crippen LogP contribution in [0.4, 0.5) is 11.5 Å². The zero-order chi connectivity index (χ0) is 14.0. The predicted molar refractivity (Wildman–Crippen MR) is 83.6 cm³/mol. The van der Waals surface area contributed by atoms with Crippen molar-refractivity contribution in [3.63, 3.8) is 0 Å². The monoisotopic (exact) mass is 359 g/mol. The zero-order valence-corrected chi connectivity index (χ0v) is 13.5. The van der Waals surface area contributed by atoms with E-state index in [2.05, 4.69) is 31.2 Å². The van der Waals surface area contributed by atoms with Crippen LogP contribution in [0.1, 0.15) is 25.6 Å². The Kier molecular flexibility index (Phi) is 4.66. The molecule has 1 aromatic heterocycles. The van der Waals surface area contributed by atoms with Gasteiger partial charge in [0.2, 0.25) is 0 Å². The summed E-state index contributed by atoms with van der Waals surface area (Å²) in [4.78, 5) is 8.61. The van der Waals surface area contributed by atoms with Crippen LogP contribution in [0.3, 0.4) is 0 Å². The second-order valence-corrected chi connectivity index (χ2v) is 5.99. The summed E-state index contributed by atoms with van der Waals surface area (Å²) >= 11 is 15.4. The highest BCUT2D eigenvalue weighted by Gasteiger charge is 2.08. The van der Waals surface area contributed by atoms with Gasteiger partial charge in [0.05, 0.1) is 5.02 Å². The van der Waals surface area contributed by atoms with Gasteiger partial charge in [-0.25, -0.2) is 9.97 Å². The molecule has 0 aliphatic heterocycles. The van der Waals surface area contributed by atoms with Crippen LogP contribution >= 0.6 is 39.1 Å². The number of hydrogen-bond donors (Lipinski definition) is 1. The van der Waals surface area contributed by atoms with Crippen molar-refractivity contribution in [1.82, 2.24) is 9.97 Å². The largest absolute Gasteiger partial charge is 0.340 e. The van der Waals surface area contributed by atoms with Crippen LogP contribution in [-0.2, 0) is 0 Å². The third-order valence-corrected chi connectivity index (χ3v) is 3.85. The van der Waals surface area contributed by atoms with Crippen molar-refractivity contribution in [2.24, 2.45) is 0 Å². The number of nitrogens with one attached hydrogen (secondary N) is 1. The number of hydrogen-bond acceptors (Lipinski definition) is 3. The molecule has 3 nitrogen and oxygen atoms in total. The van der Waals surface area contributed by atoms with Crippen molar-refractivity contribution in [2.45, 2.75) is 19.8 Å². The van der Waals surface area contributed by atoms with Crippen molar-refractivity contribution in [2.75, 3.05) is 5.32 Å². The maximum Gasteiger partial charge on any atom is 0.135 e. The van der Waals surface area contributed by atoms with Gasteiger partial charge in [-0.05, 0) is 34.1 Å². The fourth-order valence-electron chi connectivity index (χ4n) is 1.48. The van der Waals surface area contributed by atoms with Gasteiger partial charge < -0.3 is 5.32 Å². The first-order valence-corrected chi connectivity index (χ1v) is 7.27. The molecule has 6 heteroatoms. The van der Waals surface area contributed by atoms with Crippen LogP contribution in [0.15, 0.2) is 28.7 Å². The molecule has 1 heterocycles. The van der Waals surface area contributed by atoms with Gasteiger partial charge in [0.15, 0.2) is 0 Å². The summed E-state index contributed by atoms with van der Waals surface area (Å²) in [6.07, 6.45) is 0. The van der Waals surface area contributed by atoms with Gasteiger partial charge in [-0.1, -0.05) is 37.0 Å². The molecule has 0 bridgehead atoms. The van der Waals surface area contributed by atoms with Crippen molar-refractivity contribution in [1.29, 1.82) is 0 Å². The van der Waals surface area contributed by atoms with E-state index < -0.39 is 0 Å². The second-order valence-electron chi connectivity index (χ2n) is 4.34. The van der Waals surface area contributed by atoms with E-state index in [0.717, 1.165) is 10.2 Å². The predicted octanol–water partition coefficient (Wildman–Crippen LogP) is 5.41. The van der Waals surface area contributed by atoms with E-state index in [0.29, 0.717) is 21.8 Å². The molecule has 0 atom stereocenters. The first-order chi connectivity index (χ1) is 8.95. The smallest absolute Gasteiger partial charge is 0.135 e. The van der Waals surface area contributed by atoms with E-state index in [4.69, 9.17) is 23.2 Å². The number of aromatic nitrogens is 2. The Morgan fingerprint density at radius 1 is 1.16 bits per heavy atom. The van der Waals surface area contributed by atoms with Crippen molar-refractivity contribution in [3.05, 3.63) is 44.7 Å². The maximum atomic E-state index is 6.05. The lowest BCUT2D eigenvalue weighted by atomic mass is 10.2. The Morgan fingerprint density at radius 2 is 1.89 bits per heavy atom. The highest BCUT2D eigenvalue weighted by atomic mass is 79.9. The Hall–Kier alpha value is -0.840. The molecular formula is C13H12BrCl2N3. The lowest BCUT2D eigenvalue weighted by Gasteiger charge is -2.10. The summed E-state index contributed by atoms with van der Waals surface area (Å²) in [7, 11) is 0. The summed E-state index contributed by atoms with van der Waals surface area (Å²) in [5, 5.41) is 4.22. The zero-order valence-electron chi connectivity index (χ0n) is 10.4. The van der Waals surface area contributed by atoms with Crippen LogP contribution in [0, 0.1) is 0 Å². The van der Waals surface area contributed by atoms with Crippen molar-refractivity contribution < 1.29 is 0 Å². The minimum absolute atomic E-state index is 0.216. The van der Waals surface area contributed by atoms with Crippen LogP contribution in [0.2, 0.25) is 10.2 Å². The SMILES string of the molecule is CC(C)c1nc(Cl)cc(Nc2ccc(Br)c(Cl)c2)n1. The number of halogens is 3. The van der Waals surface area contributed by atoms with Gasteiger partial charge in [0, 0.05) is 22.1 Å². The summed E-state index contributed by atoms with van der Waals surface area (Å²) in [5.41, 5.74) is 0.845. The summed E-state index contributed by atoms with van der Waals surface area (Å²) in [6.45, 7) is 4.04. The van der Waals surface area contributed by atoms with E-state index in [1.54, 1.807) is 6.07 Å². The topological polar surface area (TPSA) is 37.8 Å². The number of anilines is 2. The molecule has 19 heavy (non-hydrogen) atoms. The Morgan fingerprint density at radius 3 is 2.53 bits per heavy atom. The maximum absolute atomic E-state index is 6.05. The van der Waals surface area contributed by atoms with Crippen molar-refractivity contribution >= 4 is 50.6 Å². The van der Waals surface area contributed by atoms with Gasteiger partial charge in [-0.15, -0.1) is 0 Å². The molecule has 0 amide bonds. The summed E-state index contributed by atoms with van der Waals surface area (Å²) in [6, 6.07) is 7.28. The second kappa shape index (κ2) is 6.07. The molecule has 0 saturated carbocycles. The average molecular weight is 361 g/mol. The molecule has 0 unspecified atom stereocenters. The molecule has 0 saturated heterocycles. The number of rotatable bonds is 3. The quantitative estimate of drug-likeness (QED) is 0.743. The third kappa shape index (κ3) is 3.81. The Labute approximate surface area is 130 Å². The minimum atomic E-state index is 0.216. The first-order valence-electron chi connectivity index (χ1n) is 5.72. The van der Waals surface area contributed by atoms with Crippen LogP contribution < -0.4 is 5.32 Å². The lowest BCUT2D eigenvalue weighted by Crippen LogP contribution is -2.02. The molecule has 2 rings (SSSR count). The van der Waals surface area contributed by atoms with E-state index in [1.165, 1.54) is 0 Å². The Balaban J connectivity index is 2.29. The van der Waals surface area contributed by atoms with E-state index in [-0.39, 0.29) is 5.92 Å². The highest BCUT2D eigenvalue weighted by molar-refractivity contribution is 9.10. The van der Waals surface area contributed by atoms with Gasteiger partial charge in [-0.2, -0.15) is 0 Å². The highest BCUT2D eigenvalue weighted by Crippen LogP contribution is 2.27. The van der Waals surface area contributed by atoms with Gasteiger partial charge >= 0.3 is 0 Å². The average Bonchev–Trinajstić information content (AvgIpc) is 2.33. The molecule has 1 aromatic carbocycles. The fraction of sp³-hybridized carbons (Fsp3) is 0.231. The molecule has 2 aromatic rings. The van der Waals surface area contributed by atoms with Crippen LogP contribution in [0.25, 0.3) is 0 Å². The lowest BCUT2D eigenvalue weighted by molar-refractivity contribution is 0.776. The minimum Gasteiger partial charge on any atom is -0.340 e. The fourth-order valence-corrected chi connectivity index (χ4v) is 2.10. The summed E-state index contributed by atoms with van der Waals surface area (Å²) < 4.78 is 0.850. The number of nitrogens with zero attached hydrogens (tertiary/aromatic N) is 2. The molecule has 0 spiro atoms. The molecule has 0 aliphatic carbocycles. The van der Waals surface area contributed by atoms with Crippen molar-refractivity contribution in [3.8, 4) is 0 Å². The third-order valence-electron chi connectivity index (χ3n) is 2.42. The van der Waals surface area contributed by atoms with E-state index in [9.17, 15) is 0 Å². The van der Waals surface area contributed by atoms with Gasteiger partial charge in [-0.3, -0.25) is 0 Å². The molecule has 0 radical (unpaired) electrons. The van der Waals surface area contributed by atoms with Gasteiger partial charge in [0.25, 0.3) is 0 Å². The van der Waals surface area contributed by atoms with Crippen LogP contribution in [-0.4, -0.2) is 9.97 Å². The standard InChI is InChI=1S/C13H12BrCl2N3/c1-7(2)13-18-11(16)6-12(19-13)17-8-3-4-9(14)10(15)5-8/h3-7H,1-2H3,(H,17,18,19). The van der Waals surface area contributed by atoms with E-state index in [1.807, 2.05) is 32.0 Å². The van der Waals surface area contributed by atoms with Gasteiger partial charge in [0.1, 0.15) is 16.8 Å². The molecule has 0 aliphatic rings. The number of benzene rings is 1. The van der Waals surface area contributed by atoms with E-state index >= 15 is 0 Å². The molecule has 0 fully saturated rings. The molecular weight excluding hydrogens is 349 g/mol. The Bertz CT molecular complexity index is 602. The van der Waals surface area contributed by atoms with Crippen LogP contribution in [0.5, 0.6) is 0 Å². The molecule has 1 N–H and O–H groups in total. The summed E-state index contributed by atoms with van der Waals surface area (Å²) in [5.74, 6) is 1.58. The first kappa shape index (κ1) is 14.6. The normalized spacial score (nSPS) is 10.8.